The van der Waals surface area contributed by atoms with Gasteiger partial charge in [-0.2, -0.15) is 0 Å². The molecular formula is C30H30N2O7S. The molecule has 3 aromatic carbocycles. The van der Waals surface area contributed by atoms with Gasteiger partial charge in [-0.1, -0.05) is 71.9 Å². The maximum Gasteiger partial charge on any atom is 0.238 e. The van der Waals surface area contributed by atoms with E-state index in [1.165, 1.54) is 17.7 Å². The molecule has 4 aromatic rings. The molecule has 0 radical (unpaired) electrons. The minimum absolute atomic E-state index is 0.0313. The molecule has 0 saturated carbocycles. The zero-order valence-electron chi connectivity index (χ0n) is 22.0. The lowest BCUT2D eigenvalue weighted by Gasteiger charge is -2.29. The summed E-state index contributed by atoms with van der Waals surface area (Å²) in [5, 5.41) is 9.43. The van der Waals surface area contributed by atoms with Crippen molar-refractivity contribution in [3.8, 4) is 22.4 Å². The highest BCUT2D eigenvalue weighted by Crippen LogP contribution is 2.35. The summed E-state index contributed by atoms with van der Waals surface area (Å²) in [7, 11) is -2.22. The molecule has 5 rings (SSSR count). The third-order valence-electron chi connectivity index (χ3n) is 6.90. The molecule has 10 heteroatoms. The summed E-state index contributed by atoms with van der Waals surface area (Å²) in [6.45, 7) is 0.668. The highest BCUT2D eigenvalue weighted by Gasteiger charge is 2.26. The molecule has 0 spiro atoms. The number of primary sulfonamides is 1. The Morgan fingerprint density at radius 1 is 1.02 bits per heavy atom. The molecule has 1 aliphatic heterocycles. The van der Waals surface area contributed by atoms with Crippen LogP contribution in [0.1, 0.15) is 40.4 Å². The highest BCUT2D eigenvalue weighted by atomic mass is 32.2. The molecule has 0 amide bonds. The average Bonchev–Trinajstić information content (AvgIpc) is 3.43. The predicted molar refractivity (Wildman–Crippen MR) is 148 cm³/mol. The first-order valence-electron chi connectivity index (χ1n) is 12.9. The van der Waals surface area contributed by atoms with Gasteiger partial charge in [0, 0.05) is 19.1 Å². The molecule has 40 heavy (non-hydrogen) atoms. The van der Waals surface area contributed by atoms with Crippen LogP contribution in [0.5, 0.6) is 0 Å². The molecular weight excluding hydrogens is 532 g/mol. The van der Waals surface area contributed by atoms with Crippen LogP contribution in [0.25, 0.3) is 22.4 Å². The molecule has 0 bridgehead atoms. The number of rotatable bonds is 10. The van der Waals surface area contributed by atoms with Crippen molar-refractivity contribution < 1.29 is 31.9 Å². The maximum absolute atomic E-state index is 13.3. The summed E-state index contributed by atoms with van der Waals surface area (Å²) >= 11 is 0. The van der Waals surface area contributed by atoms with Crippen molar-refractivity contribution in [3.63, 3.8) is 0 Å². The number of ketones is 1. The Morgan fingerprint density at radius 2 is 1.80 bits per heavy atom. The van der Waals surface area contributed by atoms with Crippen molar-refractivity contribution in [3.05, 3.63) is 95.7 Å². The molecule has 2 N–H and O–H groups in total. The van der Waals surface area contributed by atoms with E-state index in [4.69, 9.17) is 23.9 Å². The van der Waals surface area contributed by atoms with Gasteiger partial charge in [-0.25, -0.2) is 13.6 Å². The second-order valence-corrected chi connectivity index (χ2v) is 11.2. The number of hydrogen-bond acceptors (Lipinski definition) is 8. The van der Waals surface area contributed by atoms with Gasteiger partial charge in [-0.3, -0.25) is 4.79 Å². The molecule has 1 aromatic heterocycles. The fraction of sp³-hybridized carbons (Fsp3) is 0.267. The maximum atomic E-state index is 13.3. The molecule has 2 unspecified atom stereocenters. The van der Waals surface area contributed by atoms with Gasteiger partial charge in [0.25, 0.3) is 0 Å². The van der Waals surface area contributed by atoms with E-state index in [2.05, 4.69) is 17.3 Å². The van der Waals surface area contributed by atoms with E-state index in [-0.39, 0.29) is 35.9 Å². The van der Waals surface area contributed by atoms with Gasteiger partial charge in [0.05, 0.1) is 23.7 Å². The Balaban J connectivity index is 1.33. The molecule has 2 atom stereocenters. The predicted octanol–water partition coefficient (Wildman–Crippen LogP) is 4.92. The summed E-state index contributed by atoms with van der Waals surface area (Å²) in [6, 6.07) is 23.3. The Kier molecular flexibility index (Phi) is 8.53. The molecule has 1 fully saturated rings. The number of Topliss-reactive ketones (excluding diaryl/α,β-unsaturated/α-hetero) is 1. The van der Waals surface area contributed by atoms with Crippen LogP contribution in [-0.4, -0.2) is 46.0 Å². The summed E-state index contributed by atoms with van der Waals surface area (Å²) in [5.41, 5.74) is 4.37. The number of carbonyl (C=O) groups is 1. The number of nitrogens with zero attached hydrogens (tertiary/aromatic N) is 1. The molecule has 0 aliphatic carbocycles. The number of carbonyl (C=O) groups excluding carboxylic acids is 1. The summed E-state index contributed by atoms with van der Waals surface area (Å²) in [4.78, 5) is 13.2. The van der Waals surface area contributed by atoms with Crippen LogP contribution < -0.4 is 5.14 Å². The fourth-order valence-corrected chi connectivity index (χ4v) is 5.36. The number of hydrogen-bond donors (Lipinski definition) is 1. The van der Waals surface area contributed by atoms with Crippen LogP contribution in [0.15, 0.2) is 88.3 Å². The van der Waals surface area contributed by atoms with Crippen molar-refractivity contribution >= 4 is 15.8 Å². The van der Waals surface area contributed by atoms with Crippen LogP contribution in [0, 0.1) is 0 Å². The van der Waals surface area contributed by atoms with Crippen LogP contribution in [0.4, 0.5) is 0 Å². The van der Waals surface area contributed by atoms with Crippen LogP contribution in [0.3, 0.4) is 0 Å². The van der Waals surface area contributed by atoms with E-state index in [0.717, 1.165) is 24.0 Å². The van der Waals surface area contributed by atoms with E-state index in [9.17, 15) is 13.2 Å². The van der Waals surface area contributed by atoms with Crippen molar-refractivity contribution in [2.24, 2.45) is 5.14 Å². The monoisotopic (exact) mass is 562 g/mol. The van der Waals surface area contributed by atoms with Gasteiger partial charge in [0.2, 0.25) is 21.6 Å². The Hall–Kier alpha value is -3.67. The molecule has 208 valence electrons. The van der Waals surface area contributed by atoms with E-state index < -0.39 is 10.0 Å². The molecule has 2 heterocycles. The Bertz CT molecular complexity index is 1570. The third-order valence-corrected chi connectivity index (χ3v) is 7.83. The van der Waals surface area contributed by atoms with Gasteiger partial charge in [-0.05, 0) is 41.2 Å². The smallest absolute Gasteiger partial charge is 0.238 e. The van der Waals surface area contributed by atoms with Gasteiger partial charge in [0.1, 0.15) is 12.3 Å². The largest absolute Gasteiger partial charge is 0.368 e. The number of aromatic nitrogens is 1. The number of ether oxygens (including phenoxy) is 3. The zero-order chi connectivity index (χ0) is 28.1. The lowest BCUT2D eigenvalue weighted by atomic mass is 9.90. The fourth-order valence-electron chi connectivity index (χ4n) is 4.84. The van der Waals surface area contributed by atoms with Crippen molar-refractivity contribution in [2.75, 3.05) is 20.3 Å². The summed E-state index contributed by atoms with van der Waals surface area (Å²) < 4.78 is 45.8. The third kappa shape index (κ3) is 6.38. The lowest BCUT2D eigenvalue weighted by molar-refractivity contribution is -0.150. The first-order chi connectivity index (χ1) is 19.3. The summed E-state index contributed by atoms with van der Waals surface area (Å²) in [5.74, 6) is -0.0263. The highest BCUT2D eigenvalue weighted by molar-refractivity contribution is 7.89. The average molecular weight is 563 g/mol. The first kappa shape index (κ1) is 27.9. The molecule has 1 aliphatic rings. The summed E-state index contributed by atoms with van der Waals surface area (Å²) in [6.07, 6.45) is 1.50. The number of methoxy groups -OCH3 is 1. The van der Waals surface area contributed by atoms with Crippen LogP contribution >= 0.6 is 0 Å². The molecule has 1 saturated heterocycles. The number of sulfonamides is 1. The van der Waals surface area contributed by atoms with E-state index >= 15 is 0 Å². The number of benzene rings is 3. The quantitative estimate of drug-likeness (QED) is 0.270. The number of nitrogens with two attached hydrogens (primary N) is 1. The van der Waals surface area contributed by atoms with Gasteiger partial charge in [-0.15, -0.1) is 0 Å². The second kappa shape index (κ2) is 12.2. The Morgan fingerprint density at radius 3 is 2.52 bits per heavy atom. The van der Waals surface area contributed by atoms with Gasteiger partial charge < -0.3 is 18.7 Å². The Labute approximate surface area is 232 Å². The van der Waals surface area contributed by atoms with Crippen molar-refractivity contribution in [1.29, 1.82) is 0 Å². The second-order valence-electron chi connectivity index (χ2n) is 9.59. The van der Waals surface area contributed by atoms with Crippen molar-refractivity contribution in [1.82, 2.24) is 5.16 Å². The minimum Gasteiger partial charge on any atom is -0.368 e. The normalized spacial score (nSPS) is 17.6. The van der Waals surface area contributed by atoms with E-state index in [0.29, 0.717) is 29.3 Å². The van der Waals surface area contributed by atoms with Gasteiger partial charge in [0.15, 0.2) is 6.29 Å². The SMILES string of the molecule is COC1CC(c2cccc(COCC(=O)c3onc(-c4ccccc4)c3-c3ccc(S(N)(=O)=O)cc3)c2)CCO1. The first-order valence-corrected chi connectivity index (χ1v) is 14.4. The topological polar surface area (TPSA) is 131 Å². The molecule has 9 nitrogen and oxygen atoms in total. The van der Waals surface area contributed by atoms with Crippen LogP contribution in [-0.2, 0) is 30.8 Å². The van der Waals surface area contributed by atoms with Crippen molar-refractivity contribution in [2.45, 2.75) is 36.6 Å². The van der Waals surface area contributed by atoms with Crippen LogP contribution in [0.2, 0.25) is 0 Å². The minimum atomic E-state index is -3.87. The zero-order valence-corrected chi connectivity index (χ0v) is 22.8. The van der Waals surface area contributed by atoms with E-state index in [1.807, 2.05) is 42.5 Å². The standard InChI is InChI=1S/C30H30N2O7S/c1-36-27-17-24(14-15-38-27)23-9-5-6-20(16-23)18-37-19-26(33)30-28(21-10-12-25(13-11-21)40(31,34)35)29(32-39-30)22-7-3-2-4-8-22/h2-13,16,24,27H,14-15,17-19H2,1H3,(H2,31,34,35). The van der Waals surface area contributed by atoms with Gasteiger partial charge >= 0.3 is 0 Å². The lowest BCUT2D eigenvalue weighted by Crippen LogP contribution is -2.26. The van der Waals surface area contributed by atoms with E-state index in [1.54, 1.807) is 19.2 Å².